The van der Waals surface area contributed by atoms with Gasteiger partial charge in [0.2, 0.25) is 0 Å². The lowest BCUT2D eigenvalue weighted by atomic mass is 10.3. The third-order valence-corrected chi connectivity index (χ3v) is 2.74. The summed E-state index contributed by atoms with van der Waals surface area (Å²) in [5.41, 5.74) is 0. The number of hydrogen-bond acceptors (Lipinski definition) is 3. The summed E-state index contributed by atoms with van der Waals surface area (Å²) in [5.74, 6) is -0.351. The van der Waals surface area contributed by atoms with Gasteiger partial charge in [0.05, 0.1) is 0 Å². The molecule has 0 spiro atoms. The molecule has 0 unspecified atom stereocenters. The molecule has 0 saturated heterocycles. The molecule has 0 saturated carbocycles. The minimum atomic E-state index is -0.525. The Labute approximate surface area is 115 Å². The van der Waals surface area contributed by atoms with Crippen molar-refractivity contribution < 1.29 is 9.13 Å². The van der Waals surface area contributed by atoms with Crippen LogP contribution in [0.4, 0.5) is 4.39 Å². The van der Waals surface area contributed by atoms with Gasteiger partial charge in [0.25, 0.3) is 0 Å². The average molecular weight is 338 g/mol. The Morgan fingerprint density at radius 2 is 1.88 bits per heavy atom. The van der Waals surface area contributed by atoms with Crippen LogP contribution in [-0.4, -0.2) is 10.2 Å². The van der Waals surface area contributed by atoms with Crippen LogP contribution >= 0.6 is 39.1 Å². The fourth-order valence-electron chi connectivity index (χ4n) is 1.09. The largest absolute Gasteiger partial charge is 0.451 e. The summed E-state index contributed by atoms with van der Waals surface area (Å²) in [5, 5.41) is 7.19. The van der Waals surface area contributed by atoms with Gasteiger partial charge < -0.3 is 4.74 Å². The van der Waals surface area contributed by atoms with Gasteiger partial charge in [0, 0.05) is 10.5 Å². The van der Waals surface area contributed by atoms with Crippen molar-refractivity contribution in [1.82, 2.24) is 10.2 Å². The monoisotopic (exact) mass is 336 g/mol. The quantitative estimate of drug-likeness (QED) is 0.810. The van der Waals surface area contributed by atoms with Crippen LogP contribution in [0.25, 0.3) is 0 Å². The Morgan fingerprint density at radius 1 is 1.12 bits per heavy atom. The van der Waals surface area contributed by atoms with Crippen LogP contribution in [-0.2, 0) is 0 Å². The standard InChI is InChI=1S/C10H4BrCl2FN2O/c11-5-1-2-7(6(14)3-5)17-8-4-9(12)15-16-10(8)13/h1-4H. The van der Waals surface area contributed by atoms with Crippen LogP contribution in [0.2, 0.25) is 10.3 Å². The highest BCUT2D eigenvalue weighted by atomic mass is 79.9. The molecule has 0 atom stereocenters. The maximum Gasteiger partial charge on any atom is 0.194 e. The Hall–Kier alpha value is -0.910. The van der Waals surface area contributed by atoms with E-state index in [4.69, 9.17) is 27.9 Å². The zero-order chi connectivity index (χ0) is 12.4. The first-order valence-corrected chi connectivity index (χ1v) is 5.93. The second kappa shape index (κ2) is 5.16. The molecule has 0 amide bonds. The second-order valence-electron chi connectivity index (χ2n) is 3.00. The Morgan fingerprint density at radius 3 is 2.59 bits per heavy atom. The molecule has 1 heterocycles. The van der Waals surface area contributed by atoms with Crippen molar-refractivity contribution in [2.75, 3.05) is 0 Å². The molecule has 0 radical (unpaired) electrons. The van der Waals surface area contributed by atoms with Crippen molar-refractivity contribution in [3.63, 3.8) is 0 Å². The van der Waals surface area contributed by atoms with Gasteiger partial charge >= 0.3 is 0 Å². The molecule has 88 valence electrons. The zero-order valence-electron chi connectivity index (χ0n) is 8.12. The van der Waals surface area contributed by atoms with Gasteiger partial charge in [-0.05, 0) is 18.2 Å². The third-order valence-electron chi connectivity index (χ3n) is 1.80. The van der Waals surface area contributed by atoms with Gasteiger partial charge in [-0.15, -0.1) is 10.2 Å². The summed E-state index contributed by atoms with van der Waals surface area (Å²) < 4.78 is 19.4. The summed E-state index contributed by atoms with van der Waals surface area (Å²) in [6.07, 6.45) is 0. The molecule has 17 heavy (non-hydrogen) atoms. The average Bonchev–Trinajstić information content (AvgIpc) is 2.27. The lowest BCUT2D eigenvalue weighted by Gasteiger charge is -2.07. The molecule has 0 fully saturated rings. The van der Waals surface area contributed by atoms with E-state index in [0.717, 1.165) is 0 Å². The SMILES string of the molecule is Fc1cc(Br)ccc1Oc1cc(Cl)nnc1Cl. The molecular weight excluding hydrogens is 334 g/mol. The maximum atomic E-state index is 13.5. The van der Waals surface area contributed by atoms with E-state index in [9.17, 15) is 4.39 Å². The Kier molecular flexibility index (Phi) is 3.81. The number of benzene rings is 1. The summed E-state index contributed by atoms with van der Waals surface area (Å²) >= 11 is 14.5. The van der Waals surface area contributed by atoms with Crippen molar-refractivity contribution in [3.8, 4) is 11.5 Å². The predicted molar refractivity (Wildman–Crippen MR) is 66.2 cm³/mol. The predicted octanol–water partition coefficient (Wildman–Crippen LogP) is 4.48. The van der Waals surface area contributed by atoms with Crippen molar-refractivity contribution >= 4 is 39.1 Å². The summed E-state index contributed by atoms with van der Waals surface area (Å²) in [6.45, 7) is 0. The number of nitrogens with zero attached hydrogens (tertiary/aromatic N) is 2. The summed E-state index contributed by atoms with van der Waals surface area (Å²) in [4.78, 5) is 0. The molecule has 1 aromatic heterocycles. The molecule has 0 N–H and O–H groups in total. The van der Waals surface area contributed by atoms with E-state index in [1.807, 2.05) is 0 Å². The fraction of sp³-hybridized carbons (Fsp3) is 0. The van der Waals surface area contributed by atoms with Crippen molar-refractivity contribution in [3.05, 3.63) is 44.9 Å². The Bertz CT molecular complexity index is 568. The van der Waals surface area contributed by atoms with Crippen LogP contribution in [0.3, 0.4) is 0 Å². The normalized spacial score (nSPS) is 10.4. The van der Waals surface area contributed by atoms with Gasteiger partial charge in [0.15, 0.2) is 27.6 Å². The number of aromatic nitrogens is 2. The minimum Gasteiger partial charge on any atom is -0.451 e. The highest BCUT2D eigenvalue weighted by molar-refractivity contribution is 9.10. The molecule has 3 nitrogen and oxygen atoms in total. The second-order valence-corrected chi connectivity index (χ2v) is 4.66. The number of halogens is 4. The minimum absolute atomic E-state index is 0.0109. The Balaban J connectivity index is 2.34. The first kappa shape index (κ1) is 12.5. The van der Waals surface area contributed by atoms with Crippen molar-refractivity contribution in [1.29, 1.82) is 0 Å². The molecule has 2 rings (SSSR count). The van der Waals surface area contributed by atoms with Crippen molar-refractivity contribution in [2.45, 2.75) is 0 Å². The molecule has 7 heteroatoms. The van der Waals surface area contributed by atoms with Crippen LogP contribution in [0.1, 0.15) is 0 Å². The topological polar surface area (TPSA) is 35.0 Å². The molecule has 0 aliphatic rings. The van der Waals surface area contributed by atoms with E-state index in [0.29, 0.717) is 4.47 Å². The zero-order valence-corrected chi connectivity index (χ0v) is 11.2. The molecule has 0 aliphatic heterocycles. The smallest absolute Gasteiger partial charge is 0.194 e. The van der Waals surface area contributed by atoms with Gasteiger partial charge in [-0.1, -0.05) is 39.1 Å². The van der Waals surface area contributed by atoms with Crippen molar-refractivity contribution in [2.24, 2.45) is 0 Å². The number of ether oxygens (including phenoxy) is 1. The summed E-state index contributed by atoms with van der Waals surface area (Å²) in [7, 11) is 0. The van der Waals surface area contributed by atoms with Gasteiger partial charge in [-0.3, -0.25) is 0 Å². The first-order valence-electron chi connectivity index (χ1n) is 4.38. The maximum absolute atomic E-state index is 13.5. The molecular formula is C10H4BrCl2FN2O. The highest BCUT2D eigenvalue weighted by Gasteiger charge is 2.10. The van der Waals surface area contributed by atoms with E-state index in [-0.39, 0.29) is 21.8 Å². The lowest BCUT2D eigenvalue weighted by Crippen LogP contribution is -1.92. The van der Waals surface area contributed by atoms with Crippen LogP contribution in [0, 0.1) is 5.82 Å². The van der Waals surface area contributed by atoms with E-state index >= 15 is 0 Å². The van der Waals surface area contributed by atoms with E-state index in [2.05, 4.69) is 26.1 Å². The first-order chi connectivity index (χ1) is 8.06. The fourth-order valence-corrected chi connectivity index (χ4v) is 1.69. The number of hydrogen-bond donors (Lipinski definition) is 0. The highest BCUT2D eigenvalue weighted by Crippen LogP contribution is 2.31. The van der Waals surface area contributed by atoms with Gasteiger partial charge in [-0.25, -0.2) is 4.39 Å². The van der Waals surface area contributed by atoms with E-state index < -0.39 is 5.82 Å². The molecule has 0 aliphatic carbocycles. The molecule has 0 bridgehead atoms. The van der Waals surface area contributed by atoms with Crippen LogP contribution < -0.4 is 4.74 Å². The summed E-state index contributed by atoms with van der Waals surface area (Å²) in [6, 6.07) is 5.74. The molecule has 2 aromatic rings. The van der Waals surface area contributed by atoms with Crippen LogP contribution in [0.15, 0.2) is 28.7 Å². The van der Waals surface area contributed by atoms with Gasteiger partial charge in [0.1, 0.15) is 0 Å². The third kappa shape index (κ3) is 3.06. The van der Waals surface area contributed by atoms with Gasteiger partial charge in [-0.2, -0.15) is 0 Å². The molecule has 1 aromatic carbocycles. The lowest BCUT2D eigenvalue weighted by molar-refractivity contribution is 0.439. The van der Waals surface area contributed by atoms with E-state index in [1.165, 1.54) is 18.2 Å². The van der Waals surface area contributed by atoms with Crippen LogP contribution in [0.5, 0.6) is 11.5 Å². The number of rotatable bonds is 2. The van der Waals surface area contributed by atoms with E-state index in [1.54, 1.807) is 6.07 Å².